The van der Waals surface area contributed by atoms with Crippen LogP contribution in [-0.4, -0.2) is 15.8 Å². The molecule has 0 aliphatic rings. The second-order valence-corrected chi connectivity index (χ2v) is 11.3. The molecular formula is C23H38O2S. The Morgan fingerprint density at radius 1 is 0.885 bits per heavy atom. The lowest BCUT2D eigenvalue weighted by atomic mass is 9.81. The Balaban J connectivity index is 3.20. The van der Waals surface area contributed by atoms with E-state index in [1.807, 2.05) is 6.92 Å². The number of thioether (sulfide) groups is 1. The van der Waals surface area contributed by atoms with Crippen LogP contribution < -0.4 is 0 Å². The maximum Gasteiger partial charge on any atom is 0.319 e. The van der Waals surface area contributed by atoms with Gasteiger partial charge in [0, 0.05) is 4.90 Å². The van der Waals surface area contributed by atoms with Crippen molar-refractivity contribution < 1.29 is 9.90 Å². The van der Waals surface area contributed by atoms with Crippen molar-refractivity contribution in [1.82, 2.24) is 0 Å². The van der Waals surface area contributed by atoms with E-state index in [4.69, 9.17) is 0 Å². The van der Waals surface area contributed by atoms with Crippen LogP contribution in [0.2, 0.25) is 0 Å². The molecule has 1 rings (SSSR count). The molecule has 0 aliphatic heterocycles. The van der Waals surface area contributed by atoms with Crippen LogP contribution in [0.5, 0.6) is 0 Å². The summed E-state index contributed by atoms with van der Waals surface area (Å²) in [6.45, 7) is 17.3. The molecular weight excluding hydrogens is 340 g/mol. The minimum atomic E-state index is -0.778. The largest absolute Gasteiger partial charge is 0.480 e. The highest BCUT2D eigenvalue weighted by Gasteiger charge is 2.34. The number of carboxylic acid groups (broad SMARTS) is 1. The number of unbranched alkanes of at least 4 members (excludes halogenated alkanes) is 3. The van der Waals surface area contributed by atoms with Gasteiger partial charge in [0.2, 0.25) is 0 Å². The fourth-order valence-electron chi connectivity index (χ4n) is 2.87. The molecule has 2 nitrogen and oxygen atoms in total. The monoisotopic (exact) mass is 378 g/mol. The Hall–Kier alpha value is -0.960. The molecule has 0 bridgehead atoms. The topological polar surface area (TPSA) is 37.3 Å². The number of aliphatic carboxylic acids is 1. The first-order valence-electron chi connectivity index (χ1n) is 9.88. The van der Waals surface area contributed by atoms with Gasteiger partial charge >= 0.3 is 5.97 Å². The SMILES string of the molecule is CCCCCCC(C)(Sc1cc(C(C)(C)C)cc(C(C)(C)C)c1)C(=O)O. The summed E-state index contributed by atoms with van der Waals surface area (Å²) in [5.41, 5.74) is 2.62. The first-order chi connectivity index (χ1) is 11.8. The van der Waals surface area contributed by atoms with Crippen LogP contribution >= 0.6 is 11.8 Å². The fourth-order valence-corrected chi connectivity index (χ4v) is 4.10. The zero-order valence-corrected chi connectivity index (χ0v) is 18.8. The molecule has 0 saturated heterocycles. The second kappa shape index (κ2) is 8.82. The summed E-state index contributed by atoms with van der Waals surface area (Å²) in [7, 11) is 0. The summed E-state index contributed by atoms with van der Waals surface area (Å²) < 4.78 is -0.778. The second-order valence-electron chi connectivity index (χ2n) is 9.69. The first-order valence-corrected chi connectivity index (χ1v) is 10.7. The van der Waals surface area contributed by atoms with Crippen LogP contribution in [0, 0.1) is 0 Å². The van der Waals surface area contributed by atoms with Gasteiger partial charge in [-0.2, -0.15) is 0 Å². The lowest BCUT2D eigenvalue weighted by molar-refractivity contribution is -0.139. The molecule has 1 aromatic carbocycles. The van der Waals surface area contributed by atoms with E-state index in [1.54, 1.807) is 0 Å². The van der Waals surface area contributed by atoms with Crippen LogP contribution in [0.4, 0.5) is 0 Å². The van der Waals surface area contributed by atoms with Gasteiger partial charge < -0.3 is 5.11 Å². The van der Waals surface area contributed by atoms with E-state index in [1.165, 1.54) is 35.7 Å². The zero-order valence-electron chi connectivity index (χ0n) is 18.0. The van der Waals surface area contributed by atoms with Crippen LogP contribution in [0.25, 0.3) is 0 Å². The van der Waals surface area contributed by atoms with Gasteiger partial charge in [-0.15, -0.1) is 11.8 Å². The molecule has 26 heavy (non-hydrogen) atoms. The standard InChI is InChI=1S/C23H38O2S/c1-9-10-11-12-13-23(8,20(24)25)26-19-15-17(21(2,3)4)14-18(16-19)22(5,6)7/h14-16H,9-13H2,1-8H3,(H,24,25). The van der Waals surface area contributed by atoms with Gasteiger partial charge in [-0.3, -0.25) is 4.79 Å². The predicted octanol–water partition coefficient (Wildman–Crippen LogP) is 7.19. The van der Waals surface area contributed by atoms with Gasteiger partial charge in [0.05, 0.1) is 0 Å². The molecule has 0 aromatic heterocycles. The van der Waals surface area contributed by atoms with Crippen molar-refractivity contribution in [3.63, 3.8) is 0 Å². The number of carbonyl (C=O) groups is 1. The third-order valence-electron chi connectivity index (χ3n) is 4.94. The molecule has 0 heterocycles. The van der Waals surface area contributed by atoms with E-state index < -0.39 is 10.7 Å². The van der Waals surface area contributed by atoms with Crippen molar-refractivity contribution in [1.29, 1.82) is 0 Å². The van der Waals surface area contributed by atoms with Gasteiger partial charge in [-0.1, -0.05) is 80.2 Å². The van der Waals surface area contributed by atoms with Gasteiger partial charge in [0.25, 0.3) is 0 Å². The predicted molar refractivity (Wildman–Crippen MR) is 114 cm³/mol. The minimum absolute atomic E-state index is 0.0390. The normalized spacial score (nSPS) is 14.9. The Morgan fingerprint density at radius 2 is 1.38 bits per heavy atom. The Kier molecular flexibility index (Phi) is 7.83. The third-order valence-corrected chi connectivity index (χ3v) is 6.24. The van der Waals surface area contributed by atoms with Crippen LogP contribution in [0.1, 0.15) is 98.6 Å². The highest BCUT2D eigenvalue weighted by atomic mass is 32.2. The van der Waals surface area contributed by atoms with Crippen molar-refractivity contribution in [3.05, 3.63) is 29.3 Å². The summed E-state index contributed by atoms with van der Waals surface area (Å²) in [5.74, 6) is -0.711. The van der Waals surface area contributed by atoms with Crippen molar-refractivity contribution in [3.8, 4) is 0 Å². The molecule has 0 spiro atoms. The van der Waals surface area contributed by atoms with Gasteiger partial charge in [0.1, 0.15) is 4.75 Å². The van der Waals surface area contributed by atoms with Gasteiger partial charge in [-0.25, -0.2) is 0 Å². The number of carboxylic acids is 1. The average Bonchev–Trinajstić information content (AvgIpc) is 2.49. The smallest absolute Gasteiger partial charge is 0.319 e. The molecule has 148 valence electrons. The molecule has 0 fully saturated rings. The lowest BCUT2D eigenvalue weighted by Gasteiger charge is -2.29. The number of rotatable bonds is 8. The highest BCUT2D eigenvalue weighted by molar-refractivity contribution is 8.01. The summed E-state index contributed by atoms with van der Waals surface area (Å²) in [6.07, 6.45) is 5.12. The van der Waals surface area contributed by atoms with Crippen molar-refractivity contribution in [2.45, 2.75) is 108 Å². The average molecular weight is 379 g/mol. The quantitative estimate of drug-likeness (QED) is 0.384. The van der Waals surface area contributed by atoms with Gasteiger partial charge in [0.15, 0.2) is 0 Å². The van der Waals surface area contributed by atoms with Crippen molar-refractivity contribution in [2.75, 3.05) is 0 Å². The molecule has 3 heteroatoms. The van der Waals surface area contributed by atoms with E-state index in [9.17, 15) is 9.90 Å². The Labute approximate surface area is 165 Å². The number of benzene rings is 1. The molecule has 0 aliphatic carbocycles. The Morgan fingerprint density at radius 3 is 1.77 bits per heavy atom. The first kappa shape index (κ1) is 23.1. The maximum absolute atomic E-state index is 12.0. The van der Waals surface area contributed by atoms with Crippen molar-refractivity contribution in [2.24, 2.45) is 0 Å². The summed E-state index contributed by atoms with van der Waals surface area (Å²) >= 11 is 1.52. The lowest BCUT2D eigenvalue weighted by Crippen LogP contribution is -2.31. The van der Waals surface area contributed by atoms with Gasteiger partial charge in [-0.05, 0) is 47.4 Å². The maximum atomic E-state index is 12.0. The van der Waals surface area contributed by atoms with E-state index >= 15 is 0 Å². The molecule has 1 aromatic rings. The molecule has 1 N–H and O–H groups in total. The molecule has 0 saturated carbocycles. The minimum Gasteiger partial charge on any atom is -0.480 e. The fraction of sp³-hybridized carbons (Fsp3) is 0.696. The molecule has 0 amide bonds. The summed E-state index contributed by atoms with van der Waals surface area (Å²) in [5, 5.41) is 9.89. The Bertz CT molecular complexity index is 575. The van der Waals surface area contributed by atoms with E-state index in [0.29, 0.717) is 6.42 Å². The zero-order chi connectivity index (χ0) is 20.2. The number of hydrogen-bond acceptors (Lipinski definition) is 2. The third kappa shape index (κ3) is 6.64. The summed E-state index contributed by atoms with van der Waals surface area (Å²) in [4.78, 5) is 13.1. The van der Waals surface area contributed by atoms with E-state index in [-0.39, 0.29) is 10.8 Å². The van der Waals surface area contributed by atoms with E-state index in [0.717, 1.165) is 17.7 Å². The highest BCUT2D eigenvalue weighted by Crippen LogP contribution is 2.41. The van der Waals surface area contributed by atoms with E-state index in [2.05, 4.69) is 66.7 Å². The van der Waals surface area contributed by atoms with Crippen molar-refractivity contribution >= 4 is 17.7 Å². The van der Waals surface area contributed by atoms with Crippen LogP contribution in [0.15, 0.2) is 23.1 Å². The molecule has 1 unspecified atom stereocenters. The molecule has 1 atom stereocenters. The van der Waals surface area contributed by atoms with Crippen LogP contribution in [0.3, 0.4) is 0 Å². The molecule has 0 radical (unpaired) electrons. The summed E-state index contributed by atoms with van der Waals surface area (Å²) in [6, 6.07) is 6.66. The van der Waals surface area contributed by atoms with Crippen LogP contribution in [-0.2, 0) is 15.6 Å². The number of hydrogen-bond donors (Lipinski definition) is 1.